The van der Waals surface area contributed by atoms with Gasteiger partial charge in [-0.05, 0) is 34.9 Å². The van der Waals surface area contributed by atoms with Gasteiger partial charge in [0.25, 0.3) is 0 Å². The minimum absolute atomic E-state index is 0.0162. The molecule has 1 N–H and O–H groups in total. The largest absolute Gasteiger partial charge is 0.488 e. The third kappa shape index (κ3) is 5.46. The maximum atomic E-state index is 13.1. The lowest BCUT2D eigenvalue weighted by atomic mass is 10.0. The van der Waals surface area contributed by atoms with Gasteiger partial charge >= 0.3 is 11.9 Å². The fourth-order valence-corrected chi connectivity index (χ4v) is 3.49. The van der Waals surface area contributed by atoms with Gasteiger partial charge in [0.15, 0.2) is 0 Å². The van der Waals surface area contributed by atoms with Crippen LogP contribution in [0.5, 0.6) is 11.5 Å². The zero-order valence-electron chi connectivity index (χ0n) is 17.8. The van der Waals surface area contributed by atoms with Gasteiger partial charge in [0.2, 0.25) is 0 Å². The van der Waals surface area contributed by atoms with E-state index in [9.17, 15) is 14.7 Å². The number of rotatable bonds is 8. The Kier molecular flexibility index (Phi) is 6.81. The summed E-state index contributed by atoms with van der Waals surface area (Å²) < 4.78 is 11.6. The van der Waals surface area contributed by atoms with Crippen molar-refractivity contribution in [3.8, 4) is 11.5 Å². The van der Waals surface area contributed by atoms with Crippen LogP contribution in [-0.2, 0) is 13.0 Å². The molecule has 4 aromatic rings. The van der Waals surface area contributed by atoms with Gasteiger partial charge in [0.05, 0.1) is 0 Å². The summed E-state index contributed by atoms with van der Waals surface area (Å²) in [7, 11) is 0. The second-order valence-corrected chi connectivity index (χ2v) is 7.42. The molecule has 0 aliphatic rings. The van der Waals surface area contributed by atoms with E-state index in [1.165, 1.54) is 12.1 Å². The van der Waals surface area contributed by atoms with E-state index in [4.69, 9.17) is 9.47 Å². The minimum Gasteiger partial charge on any atom is -0.488 e. The van der Waals surface area contributed by atoms with Gasteiger partial charge in [-0.15, -0.1) is 0 Å². The van der Waals surface area contributed by atoms with Crippen molar-refractivity contribution in [3.63, 3.8) is 0 Å². The molecule has 0 aliphatic heterocycles. The quantitative estimate of drug-likeness (QED) is 0.279. The highest BCUT2D eigenvalue weighted by atomic mass is 16.5. The molecule has 33 heavy (non-hydrogen) atoms. The lowest BCUT2D eigenvalue weighted by Gasteiger charge is -2.16. The van der Waals surface area contributed by atoms with Gasteiger partial charge in [-0.3, -0.25) is 0 Å². The Morgan fingerprint density at radius 2 is 1.27 bits per heavy atom. The van der Waals surface area contributed by atoms with Crippen molar-refractivity contribution >= 4 is 11.9 Å². The van der Waals surface area contributed by atoms with Crippen LogP contribution in [-0.4, -0.2) is 17.0 Å². The summed E-state index contributed by atoms with van der Waals surface area (Å²) in [5.74, 6) is -1.45. The Labute approximate surface area is 191 Å². The molecule has 0 fully saturated rings. The van der Waals surface area contributed by atoms with Gasteiger partial charge in [-0.1, -0.05) is 84.9 Å². The highest BCUT2D eigenvalue weighted by molar-refractivity contribution is 5.97. The van der Waals surface area contributed by atoms with Crippen LogP contribution >= 0.6 is 0 Å². The van der Waals surface area contributed by atoms with Crippen molar-refractivity contribution in [2.75, 3.05) is 0 Å². The third-order valence-electron chi connectivity index (χ3n) is 5.10. The van der Waals surface area contributed by atoms with E-state index >= 15 is 0 Å². The van der Waals surface area contributed by atoms with E-state index in [0.717, 1.165) is 16.7 Å². The van der Waals surface area contributed by atoms with E-state index in [2.05, 4.69) is 0 Å². The van der Waals surface area contributed by atoms with Crippen LogP contribution in [0.4, 0.5) is 0 Å². The maximum Gasteiger partial charge on any atom is 0.347 e. The fraction of sp³-hybridized carbons (Fsp3) is 0.0714. The smallest absolute Gasteiger partial charge is 0.347 e. The van der Waals surface area contributed by atoms with Crippen LogP contribution in [0.15, 0.2) is 103 Å². The Hall–Kier alpha value is -4.38. The van der Waals surface area contributed by atoms with Crippen LogP contribution in [0.2, 0.25) is 0 Å². The van der Waals surface area contributed by atoms with E-state index in [-0.39, 0.29) is 23.5 Å². The molecule has 0 heterocycles. The summed E-state index contributed by atoms with van der Waals surface area (Å²) in [4.78, 5) is 24.6. The number of carboxylic acid groups (broad SMARTS) is 1. The number of esters is 1. The first-order valence-electron chi connectivity index (χ1n) is 10.5. The molecule has 0 aromatic heterocycles. The van der Waals surface area contributed by atoms with Crippen molar-refractivity contribution in [1.82, 2.24) is 0 Å². The lowest BCUT2D eigenvalue weighted by molar-refractivity contribution is 0.0680. The fourth-order valence-electron chi connectivity index (χ4n) is 3.49. The summed E-state index contributed by atoms with van der Waals surface area (Å²) >= 11 is 0. The Morgan fingerprint density at radius 3 is 1.97 bits per heavy atom. The van der Waals surface area contributed by atoms with Crippen LogP contribution in [0.3, 0.4) is 0 Å². The average molecular weight is 438 g/mol. The summed E-state index contributed by atoms with van der Waals surface area (Å²) in [6.45, 7) is 0.276. The standard InChI is InChI=1S/C28H22O5/c29-27(30)23-15-7-8-17-25(23)33-28(31)24-16-9-14-22(18-20-10-3-1-4-11-20)26(24)32-19-21-12-5-2-6-13-21/h1-17H,18-19H2,(H,29,30). The number of hydrogen-bond donors (Lipinski definition) is 1. The normalized spacial score (nSPS) is 10.4. The summed E-state index contributed by atoms with van der Waals surface area (Å²) in [5, 5.41) is 9.41. The third-order valence-corrected chi connectivity index (χ3v) is 5.10. The monoisotopic (exact) mass is 438 g/mol. The second-order valence-electron chi connectivity index (χ2n) is 7.42. The predicted octanol–water partition coefficient (Wildman–Crippen LogP) is 5.77. The highest BCUT2D eigenvalue weighted by Gasteiger charge is 2.21. The lowest BCUT2D eigenvalue weighted by Crippen LogP contribution is -2.14. The number of carboxylic acids is 1. The van der Waals surface area contributed by atoms with E-state index in [1.54, 1.807) is 24.3 Å². The van der Waals surface area contributed by atoms with Crippen LogP contribution < -0.4 is 9.47 Å². The number of hydrogen-bond acceptors (Lipinski definition) is 4. The molecular weight excluding hydrogens is 416 g/mol. The predicted molar refractivity (Wildman–Crippen MR) is 125 cm³/mol. The minimum atomic E-state index is -1.17. The zero-order valence-corrected chi connectivity index (χ0v) is 17.8. The van der Waals surface area contributed by atoms with Crippen molar-refractivity contribution < 1.29 is 24.2 Å². The average Bonchev–Trinajstić information content (AvgIpc) is 2.84. The maximum absolute atomic E-state index is 13.1. The van der Waals surface area contributed by atoms with E-state index in [0.29, 0.717) is 12.2 Å². The molecule has 0 saturated heterocycles. The molecule has 0 spiro atoms. The molecule has 0 bridgehead atoms. The van der Waals surface area contributed by atoms with Gasteiger partial charge in [-0.25, -0.2) is 9.59 Å². The molecule has 0 aliphatic carbocycles. The van der Waals surface area contributed by atoms with Gasteiger partial charge in [0.1, 0.15) is 29.2 Å². The van der Waals surface area contributed by atoms with Gasteiger partial charge in [0, 0.05) is 6.42 Å². The molecule has 164 valence electrons. The van der Waals surface area contributed by atoms with Crippen molar-refractivity contribution in [2.45, 2.75) is 13.0 Å². The van der Waals surface area contributed by atoms with Crippen molar-refractivity contribution in [2.24, 2.45) is 0 Å². The first-order valence-corrected chi connectivity index (χ1v) is 10.5. The molecule has 0 saturated carbocycles. The number of aromatic carboxylic acids is 1. The van der Waals surface area contributed by atoms with Crippen LogP contribution in [0.1, 0.15) is 37.4 Å². The molecule has 5 nitrogen and oxygen atoms in total. The molecule has 5 heteroatoms. The Bertz CT molecular complexity index is 1250. The first-order chi connectivity index (χ1) is 16.1. The molecule has 0 atom stereocenters. The molecule has 0 radical (unpaired) electrons. The SMILES string of the molecule is O=C(O)c1ccccc1OC(=O)c1cccc(Cc2ccccc2)c1OCc1ccccc1. The Morgan fingerprint density at radius 1 is 0.667 bits per heavy atom. The summed E-state index contributed by atoms with van der Waals surface area (Å²) in [6.07, 6.45) is 0.567. The Balaban J connectivity index is 1.68. The number of benzene rings is 4. The zero-order chi connectivity index (χ0) is 23.0. The van der Waals surface area contributed by atoms with Crippen molar-refractivity contribution in [1.29, 1.82) is 0 Å². The van der Waals surface area contributed by atoms with Gasteiger partial charge < -0.3 is 14.6 Å². The molecule has 4 rings (SSSR count). The summed E-state index contributed by atoms with van der Waals surface area (Å²) in [6, 6.07) is 30.9. The molecule has 4 aromatic carbocycles. The molecule has 0 amide bonds. The highest BCUT2D eigenvalue weighted by Crippen LogP contribution is 2.29. The van der Waals surface area contributed by atoms with Crippen LogP contribution in [0, 0.1) is 0 Å². The summed E-state index contributed by atoms with van der Waals surface area (Å²) in [5.41, 5.74) is 3.02. The van der Waals surface area contributed by atoms with E-state index in [1.807, 2.05) is 66.7 Å². The molecule has 0 unspecified atom stereocenters. The first kappa shape index (κ1) is 21.8. The number of ether oxygens (including phenoxy) is 2. The molecular formula is C28H22O5. The number of para-hydroxylation sites is 2. The second kappa shape index (κ2) is 10.3. The number of carbonyl (C=O) groups excluding carboxylic acids is 1. The van der Waals surface area contributed by atoms with E-state index < -0.39 is 11.9 Å². The topological polar surface area (TPSA) is 72.8 Å². The van der Waals surface area contributed by atoms with Gasteiger partial charge in [-0.2, -0.15) is 0 Å². The van der Waals surface area contributed by atoms with Crippen LogP contribution in [0.25, 0.3) is 0 Å². The van der Waals surface area contributed by atoms with Crippen molar-refractivity contribution in [3.05, 3.63) is 131 Å². The number of carbonyl (C=O) groups is 2.